The molecular formula is C14H15BrN2O2. The van der Waals surface area contributed by atoms with E-state index in [1.807, 2.05) is 31.2 Å². The van der Waals surface area contributed by atoms with Crippen molar-refractivity contribution < 1.29 is 9.32 Å². The highest BCUT2D eigenvalue weighted by Crippen LogP contribution is 2.20. The summed E-state index contributed by atoms with van der Waals surface area (Å²) in [5.41, 5.74) is 1.76. The van der Waals surface area contributed by atoms with E-state index in [4.69, 9.17) is 4.52 Å². The molecule has 1 aromatic carbocycles. The number of aryl methyl sites for hydroxylation is 1. The molecule has 1 unspecified atom stereocenters. The molecule has 1 aromatic heterocycles. The average molecular weight is 323 g/mol. The molecule has 0 radical (unpaired) electrons. The van der Waals surface area contributed by atoms with Crippen LogP contribution in [0.4, 0.5) is 0 Å². The molecule has 0 saturated heterocycles. The van der Waals surface area contributed by atoms with Crippen LogP contribution in [0.2, 0.25) is 0 Å². The van der Waals surface area contributed by atoms with E-state index >= 15 is 0 Å². The van der Waals surface area contributed by atoms with E-state index in [0.717, 1.165) is 16.5 Å². The van der Waals surface area contributed by atoms with E-state index in [1.165, 1.54) is 0 Å². The van der Waals surface area contributed by atoms with Crippen LogP contribution >= 0.6 is 15.9 Å². The van der Waals surface area contributed by atoms with Gasteiger partial charge in [-0.25, -0.2) is 0 Å². The van der Waals surface area contributed by atoms with Gasteiger partial charge in [0.25, 0.3) is 5.91 Å². The highest BCUT2D eigenvalue weighted by Gasteiger charge is 2.17. The van der Waals surface area contributed by atoms with Crippen molar-refractivity contribution >= 4 is 21.8 Å². The van der Waals surface area contributed by atoms with Gasteiger partial charge in [0.1, 0.15) is 0 Å². The Morgan fingerprint density at radius 1 is 1.42 bits per heavy atom. The Morgan fingerprint density at radius 2 is 2.11 bits per heavy atom. The van der Waals surface area contributed by atoms with Crippen LogP contribution in [-0.4, -0.2) is 11.1 Å². The molecule has 1 amide bonds. The van der Waals surface area contributed by atoms with Crippen LogP contribution < -0.4 is 5.32 Å². The topological polar surface area (TPSA) is 55.1 Å². The van der Waals surface area contributed by atoms with E-state index in [0.29, 0.717) is 5.69 Å². The van der Waals surface area contributed by atoms with Gasteiger partial charge in [-0.1, -0.05) is 40.1 Å². The van der Waals surface area contributed by atoms with Crippen molar-refractivity contribution in [1.29, 1.82) is 0 Å². The first-order chi connectivity index (χ1) is 9.10. The zero-order valence-corrected chi connectivity index (χ0v) is 12.4. The molecule has 0 aliphatic rings. The van der Waals surface area contributed by atoms with Crippen LogP contribution in [0.3, 0.4) is 0 Å². The van der Waals surface area contributed by atoms with Crippen molar-refractivity contribution in [3.05, 3.63) is 51.8 Å². The van der Waals surface area contributed by atoms with Gasteiger partial charge in [-0.05, 0) is 31.0 Å². The average Bonchev–Trinajstić information content (AvgIpc) is 2.84. The van der Waals surface area contributed by atoms with Gasteiger partial charge in [-0.2, -0.15) is 0 Å². The second kappa shape index (κ2) is 6.02. The lowest BCUT2D eigenvalue weighted by atomic mass is 10.0. The Kier molecular flexibility index (Phi) is 4.37. The van der Waals surface area contributed by atoms with Gasteiger partial charge >= 0.3 is 0 Å². The molecule has 2 rings (SSSR count). The van der Waals surface area contributed by atoms with Gasteiger partial charge in [0, 0.05) is 10.5 Å². The van der Waals surface area contributed by atoms with E-state index in [9.17, 15) is 4.79 Å². The minimum Gasteiger partial charge on any atom is -0.351 e. The summed E-state index contributed by atoms with van der Waals surface area (Å²) in [6.45, 7) is 3.81. The largest absolute Gasteiger partial charge is 0.351 e. The third-order valence-corrected chi connectivity index (χ3v) is 3.37. The molecule has 0 bridgehead atoms. The number of halogens is 1. The molecule has 0 spiro atoms. The molecule has 0 aliphatic carbocycles. The number of carbonyl (C=O) groups is 1. The molecular weight excluding hydrogens is 308 g/mol. The molecule has 19 heavy (non-hydrogen) atoms. The lowest BCUT2D eigenvalue weighted by Gasteiger charge is -2.16. The number of hydrogen-bond acceptors (Lipinski definition) is 3. The Labute approximate surface area is 120 Å². The van der Waals surface area contributed by atoms with E-state index in [2.05, 4.69) is 26.4 Å². The summed E-state index contributed by atoms with van der Waals surface area (Å²) in [4.78, 5) is 12.0. The van der Waals surface area contributed by atoms with Crippen molar-refractivity contribution in [3.8, 4) is 0 Å². The lowest BCUT2D eigenvalue weighted by Crippen LogP contribution is -2.27. The lowest BCUT2D eigenvalue weighted by molar-refractivity contribution is 0.0898. The van der Waals surface area contributed by atoms with Gasteiger partial charge in [-0.3, -0.25) is 4.79 Å². The smallest absolute Gasteiger partial charge is 0.290 e. The van der Waals surface area contributed by atoms with Crippen LogP contribution in [0, 0.1) is 6.92 Å². The summed E-state index contributed by atoms with van der Waals surface area (Å²) in [6, 6.07) is 9.50. The minimum absolute atomic E-state index is 0.0361. The number of carbonyl (C=O) groups excluding carboxylic acids is 1. The third kappa shape index (κ3) is 3.44. The normalized spacial score (nSPS) is 12.2. The predicted molar refractivity (Wildman–Crippen MR) is 75.9 cm³/mol. The third-order valence-electron chi connectivity index (χ3n) is 2.84. The SMILES string of the molecule is CCC(NC(=O)c1cc(C)no1)c1ccc(Br)cc1. The molecule has 0 fully saturated rings. The molecule has 1 N–H and O–H groups in total. The van der Waals surface area contributed by atoms with Crippen LogP contribution in [0.25, 0.3) is 0 Å². The fourth-order valence-electron chi connectivity index (χ4n) is 1.82. The molecule has 0 aliphatic heterocycles. The van der Waals surface area contributed by atoms with Crippen molar-refractivity contribution in [2.24, 2.45) is 0 Å². The number of nitrogens with one attached hydrogen (secondary N) is 1. The van der Waals surface area contributed by atoms with Crippen molar-refractivity contribution in [2.45, 2.75) is 26.3 Å². The second-order valence-corrected chi connectivity index (χ2v) is 5.23. The molecule has 100 valence electrons. The van der Waals surface area contributed by atoms with Crippen LogP contribution in [0.5, 0.6) is 0 Å². The molecule has 1 heterocycles. The zero-order chi connectivity index (χ0) is 13.8. The van der Waals surface area contributed by atoms with Crippen LogP contribution in [-0.2, 0) is 0 Å². The van der Waals surface area contributed by atoms with Gasteiger partial charge in [-0.15, -0.1) is 0 Å². The van der Waals surface area contributed by atoms with Crippen molar-refractivity contribution in [2.75, 3.05) is 0 Å². The molecule has 4 nitrogen and oxygen atoms in total. The maximum Gasteiger partial charge on any atom is 0.290 e. The van der Waals surface area contributed by atoms with Gasteiger partial charge in [0.15, 0.2) is 0 Å². The summed E-state index contributed by atoms with van der Waals surface area (Å²) in [5.74, 6) is 0.00318. The summed E-state index contributed by atoms with van der Waals surface area (Å²) in [7, 11) is 0. The van der Waals surface area contributed by atoms with Crippen molar-refractivity contribution in [3.63, 3.8) is 0 Å². The maximum absolute atomic E-state index is 12.0. The van der Waals surface area contributed by atoms with Crippen LogP contribution in [0.15, 0.2) is 39.3 Å². The number of benzene rings is 1. The maximum atomic E-state index is 12.0. The standard InChI is InChI=1S/C14H15BrN2O2/c1-3-12(10-4-6-11(15)7-5-10)16-14(18)13-8-9(2)17-19-13/h4-8,12H,3H2,1-2H3,(H,16,18). The van der Waals surface area contributed by atoms with E-state index < -0.39 is 0 Å². The Morgan fingerprint density at radius 3 is 2.63 bits per heavy atom. The first-order valence-corrected chi connectivity index (χ1v) is 6.89. The fraction of sp³-hybridized carbons (Fsp3) is 0.286. The fourth-order valence-corrected chi connectivity index (χ4v) is 2.08. The zero-order valence-electron chi connectivity index (χ0n) is 10.8. The minimum atomic E-state index is -0.240. The molecule has 1 atom stereocenters. The van der Waals surface area contributed by atoms with Gasteiger partial charge in [0.05, 0.1) is 11.7 Å². The number of hydrogen-bond donors (Lipinski definition) is 1. The summed E-state index contributed by atoms with van der Waals surface area (Å²) in [6.07, 6.45) is 0.806. The first kappa shape index (κ1) is 13.8. The number of rotatable bonds is 4. The number of amides is 1. The Balaban J connectivity index is 2.11. The summed E-state index contributed by atoms with van der Waals surface area (Å²) < 4.78 is 5.97. The molecule has 2 aromatic rings. The highest BCUT2D eigenvalue weighted by atomic mass is 79.9. The van der Waals surface area contributed by atoms with Crippen LogP contribution in [0.1, 0.15) is 41.2 Å². The quantitative estimate of drug-likeness (QED) is 0.935. The highest BCUT2D eigenvalue weighted by molar-refractivity contribution is 9.10. The molecule has 5 heteroatoms. The predicted octanol–water partition coefficient (Wildman–Crippen LogP) is 3.63. The Bertz CT molecular complexity index is 563. The summed E-state index contributed by atoms with van der Waals surface area (Å²) in [5, 5.41) is 6.66. The second-order valence-electron chi connectivity index (χ2n) is 4.32. The Hall–Kier alpha value is -1.62. The van der Waals surface area contributed by atoms with Crippen molar-refractivity contribution in [1.82, 2.24) is 10.5 Å². The number of aromatic nitrogens is 1. The first-order valence-electron chi connectivity index (χ1n) is 6.09. The van der Waals surface area contributed by atoms with E-state index in [1.54, 1.807) is 13.0 Å². The molecule has 0 saturated carbocycles. The van der Waals surface area contributed by atoms with Gasteiger partial charge in [0.2, 0.25) is 5.76 Å². The van der Waals surface area contributed by atoms with Gasteiger partial charge < -0.3 is 9.84 Å². The summed E-state index contributed by atoms with van der Waals surface area (Å²) >= 11 is 3.40. The van der Waals surface area contributed by atoms with E-state index in [-0.39, 0.29) is 17.7 Å². The number of nitrogens with zero attached hydrogens (tertiary/aromatic N) is 1. The monoisotopic (exact) mass is 322 g/mol.